The SMILES string of the molecule is CCc1cnc(CN(C)[C@H]2CCN(C[C@@H](O)Cn3cccn3)C2)o1. The van der Waals surface area contributed by atoms with Gasteiger partial charge >= 0.3 is 0 Å². The first-order chi connectivity index (χ1) is 11.6. The molecule has 3 heterocycles. The van der Waals surface area contributed by atoms with E-state index in [1.54, 1.807) is 10.9 Å². The quantitative estimate of drug-likeness (QED) is 0.777. The van der Waals surface area contributed by atoms with Gasteiger partial charge in [0, 0.05) is 37.9 Å². The van der Waals surface area contributed by atoms with Gasteiger partial charge in [-0.25, -0.2) is 4.98 Å². The zero-order chi connectivity index (χ0) is 16.9. The van der Waals surface area contributed by atoms with Crippen LogP contribution in [0.1, 0.15) is 25.0 Å². The van der Waals surface area contributed by atoms with Crippen LogP contribution in [-0.4, -0.2) is 68.5 Å². The van der Waals surface area contributed by atoms with Crippen LogP contribution in [0.4, 0.5) is 0 Å². The lowest BCUT2D eigenvalue weighted by Gasteiger charge is -2.24. The van der Waals surface area contributed by atoms with Gasteiger partial charge < -0.3 is 9.52 Å². The molecular weight excluding hydrogens is 306 g/mol. The maximum atomic E-state index is 10.2. The van der Waals surface area contributed by atoms with Crippen molar-refractivity contribution < 1.29 is 9.52 Å². The molecule has 1 fully saturated rings. The van der Waals surface area contributed by atoms with E-state index in [1.165, 1.54) is 0 Å². The third kappa shape index (κ3) is 4.43. The Balaban J connectivity index is 1.44. The lowest BCUT2D eigenvalue weighted by atomic mass is 10.2. The van der Waals surface area contributed by atoms with Gasteiger partial charge in [0.15, 0.2) is 0 Å². The molecule has 7 nitrogen and oxygen atoms in total. The van der Waals surface area contributed by atoms with Crippen LogP contribution in [0, 0.1) is 0 Å². The molecule has 24 heavy (non-hydrogen) atoms. The molecule has 1 saturated heterocycles. The number of aliphatic hydroxyl groups excluding tert-OH is 1. The molecule has 0 saturated carbocycles. The predicted molar refractivity (Wildman–Crippen MR) is 90.4 cm³/mol. The second kappa shape index (κ2) is 7.92. The van der Waals surface area contributed by atoms with Gasteiger partial charge in [0.1, 0.15) is 5.76 Å². The van der Waals surface area contributed by atoms with Gasteiger partial charge in [0.05, 0.1) is 25.4 Å². The van der Waals surface area contributed by atoms with Crippen molar-refractivity contribution in [2.75, 3.05) is 26.7 Å². The van der Waals surface area contributed by atoms with Gasteiger partial charge in [0.2, 0.25) is 5.89 Å². The normalized spacial score (nSPS) is 20.1. The zero-order valence-electron chi connectivity index (χ0n) is 14.5. The van der Waals surface area contributed by atoms with Crippen molar-refractivity contribution in [2.45, 2.75) is 45.0 Å². The standard InChI is InChI=1S/C17H27N5O2/c1-3-16-9-18-17(24-16)13-20(2)14-5-8-21(10-14)11-15(23)12-22-7-4-6-19-22/h4,6-7,9,14-15,23H,3,5,8,10-13H2,1-2H3/t14-,15+/m0/s1. The highest BCUT2D eigenvalue weighted by molar-refractivity contribution is 4.94. The number of aliphatic hydroxyl groups is 1. The number of aryl methyl sites for hydroxylation is 1. The van der Waals surface area contributed by atoms with Crippen molar-refractivity contribution in [3.8, 4) is 0 Å². The summed E-state index contributed by atoms with van der Waals surface area (Å²) in [7, 11) is 2.12. The minimum Gasteiger partial charge on any atom is -0.444 e. The second-order valence-corrected chi connectivity index (χ2v) is 6.57. The lowest BCUT2D eigenvalue weighted by Crippen LogP contribution is -2.37. The number of hydrogen-bond acceptors (Lipinski definition) is 6. The number of rotatable bonds is 8. The summed E-state index contributed by atoms with van der Waals surface area (Å²) in [4.78, 5) is 8.95. The largest absolute Gasteiger partial charge is 0.444 e. The Morgan fingerprint density at radius 3 is 3.04 bits per heavy atom. The van der Waals surface area contributed by atoms with E-state index in [9.17, 15) is 5.11 Å². The second-order valence-electron chi connectivity index (χ2n) is 6.57. The van der Waals surface area contributed by atoms with Crippen LogP contribution in [0.25, 0.3) is 0 Å². The highest BCUT2D eigenvalue weighted by Gasteiger charge is 2.27. The number of aromatic nitrogens is 3. The Morgan fingerprint density at radius 2 is 2.33 bits per heavy atom. The number of β-amino-alcohol motifs (C(OH)–C–C–N with tert-alkyl or cyclic N) is 1. The first-order valence-electron chi connectivity index (χ1n) is 8.65. The molecule has 1 aliphatic rings. The van der Waals surface area contributed by atoms with Crippen molar-refractivity contribution >= 4 is 0 Å². The topological polar surface area (TPSA) is 70.6 Å². The number of likely N-dealkylation sites (tertiary alicyclic amines) is 1. The average Bonchev–Trinajstić information content (AvgIpc) is 3.28. The molecule has 2 atom stereocenters. The number of hydrogen-bond donors (Lipinski definition) is 1. The van der Waals surface area contributed by atoms with E-state index < -0.39 is 6.10 Å². The van der Waals surface area contributed by atoms with Gasteiger partial charge in [-0.2, -0.15) is 5.10 Å². The fourth-order valence-corrected chi connectivity index (χ4v) is 3.24. The Hall–Kier alpha value is -1.70. The highest BCUT2D eigenvalue weighted by Crippen LogP contribution is 2.17. The van der Waals surface area contributed by atoms with E-state index in [0.717, 1.165) is 44.1 Å². The van der Waals surface area contributed by atoms with E-state index in [4.69, 9.17) is 4.42 Å². The molecule has 0 radical (unpaired) electrons. The number of likely N-dealkylation sites (N-methyl/N-ethyl adjacent to an activating group) is 1. The van der Waals surface area contributed by atoms with Crippen molar-refractivity contribution in [1.29, 1.82) is 0 Å². The predicted octanol–water partition coefficient (Wildman–Crippen LogP) is 1.00. The molecule has 0 unspecified atom stereocenters. The third-order valence-corrected chi connectivity index (χ3v) is 4.63. The molecular formula is C17H27N5O2. The van der Waals surface area contributed by atoms with Crippen molar-refractivity contribution in [1.82, 2.24) is 24.6 Å². The van der Waals surface area contributed by atoms with Gasteiger partial charge in [0.25, 0.3) is 0 Å². The molecule has 1 N–H and O–H groups in total. The summed E-state index contributed by atoms with van der Waals surface area (Å²) in [5.74, 6) is 1.72. The van der Waals surface area contributed by atoms with E-state index in [0.29, 0.717) is 19.1 Å². The summed E-state index contributed by atoms with van der Waals surface area (Å²) in [6.07, 6.45) is 7.02. The molecule has 0 aliphatic carbocycles. The summed E-state index contributed by atoms with van der Waals surface area (Å²) in [6, 6.07) is 2.35. The smallest absolute Gasteiger partial charge is 0.208 e. The maximum Gasteiger partial charge on any atom is 0.208 e. The van der Waals surface area contributed by atoms with E-state index in [2.05, 4.69) is 33.9 Å². The molecule has 0 spiro atoms. The van der Waals surface area contributed by atoms with Crippen LogP contribution in [0.5, 0.6) is 0 Å². The third-order valence-electron chi connectivity index (χ3n) is 4.63. The molecule has 2 aromatic rings. The Labute approximate surface area is 142 Å². The molecule has 7 heteroatoms. The average molecular weight is 333 g/mol. The van der Waals surface area contributed by atoms with Crippen LogP contribution in [0.3, 0.4) is 0 Å². The van der Waals surface area contributed by atoms with Crippen molar-refractivity contribution in [3.63, 3.8) is 0 Å². The monoisotopic (exact) mass is 333 g/mol. The Kier molecular flexibility index (Phi) is 5.65. The highest BCUT2D eigenvalue weighted by atomic mass is 16.4. The van der Waals surface area contributed by atoms with E-state index >= 15 is 0 Å². The summed E-state index contributed by atoms with van der Waals surface area (Å²) in [6.45, 7) is 6.00. The zero-order valence-corrected chi connectivity index (χ0v) is 14.5. The molecule has 132 valence electrons. The van der Waals surface area contributed by atoms with Gasteiger partial charge in [-0.05, 0) is 26.1 Å². The summed E-state index contributed by atoms with van der Waals surface area (Å²) < 4.78 is 7.47. The molecule has 0 amide bonds. The summed E-state index contributed by atoms with van der Waals surface area (Å²) in [5, 5.41) is 14.4. The molecule has 0 aromatic carbocycles. The number of nitrogens with zero attached hydrogens (tertiary/aromatic N) is 5. The van der Waals surface area contributed by atoms with Crippen LogP contribution >= 0.6 is 0 Å². The van der Waals surface area contributed by atoms with Gasteiger partial charge in [-0.1, -0.05) is 6.92 Å². The Morgan fingerprint density at radius 1 is 1.46 bits per heavy atom. The summed E-state index contributed by atoms with van der Waals surface area (Å²) >= 11 is 0. The van der Waals surface area contributed by atoms with E-state index in [1.807, 2.05) is 18.5 Å². The van der Waals surface area contributed by atoms with E-state index in [-0.39, 0.29) is 0 Å². The van der Waals surface area contributed by atoms with Crippen LogP contribution in [0.2, 0.25) is 0 Å². The van der Waals surface area contributed by atoms with Crippen LogP contribution < -0.4 is 0 Å². The first-order valence-corrected chi connectivity index (χ1v) is 8.65. The Bertz CT molecular complexity index is 612. The lowest BCUT2D eigenvalue weighted by molar-refractivity contribution is 0.101. The maximum absolute atomic E-state index is 10.2. The molecule has 0 bridgehead atoms. The minimum absolute atomic E-state index is 0.396. The van der Waals surface area contributed by atoms with Crippen molar-refractivity contribution in [2.24, 2.45) is 0 Å². The fraction of sp³-hybridized carbons (Fsp3) is 0.647. The van der Waals surface area contributed by atoms with Crippen molar-refractivity contribution in [3.05, 3.63) is 36.3 Å². The molecule has 2 aromatic heterocycles. The van der Waals surface area contributed by atoms with Crippen LogP contribution in [-0.2, 0) is 19.5 Å². The van der Waals surface area contributed by atoms with Crippen LogP contribution in [0.15, 0.2) is 29.1 Å². The summed E-state index contributed by atoms with van der Waals surface area (Å²) in [5.41, 5.74) is 0. The van der Waals surface area contributed by atoms with Gasteiger partial charge in [-0.3, -0.25) is 14.5 Å². The number of oxazole rings is 1. The minimum atomic E-state index is -0.396. The fourth-order valence-electron chi connectivity index (χ4n) is 3.24. The first kappa shape index (κ1) is 17.1. The molecule has 1 aliphatic heterocycles. The molecule has 3 rings (SSSR count). The van der Waals surface area contributed by atoms with Gasteiger partial charge in [-0.15, -0.1) is 0 Å².